The zero-order chi connectivity index (χ0) is 13.9. The van der Waals surface area contributed by atoms with E-state index in [-0.39, 0.29) is 5.95 Å². The minimum absolute atomic E-state index is 0.206. The number of hydrogen-bond acceptors (Lipinski definition) is 5. The predicted molar refractivity (Wildman–Crippen MR) is 77.6 cm³/mol. The molecule has 0 aliphatic heterocycles. The highest BCUT2D eigenvalue weighted by molar-refractivity contribution is 5.63. The fourth-order valence-corrected chi connectivity index (χ4v) is 1.93. The van der Waals surface area contributed by atoms with Crippen molar-refractivity contribution in [3.05, 3.63) is 54.4 Å². The van der Waals surface area contributed by atoms with E-state index in [0.717, 1.165) is 16.7 Å². The lowest BCUT2D eigenvalue weighted by Crippen LogP contribution is -2.03. The van der Waals surface area contributed by atoms with Gasteiger partial charge in [-0.05, 0) is 18.6 Å². The van der Waals surface area contributed by atoms with Crippen LogP contribution in [-0.2, 0) is 0 Å². The number of aromatic nitrogens is 4. The Balaban J connectivity index is 2.15. The molecule has 3 rings (SSSR count). The van der Waals surface area contributed by atoms with E-state index in [1.807, 2.05) is 43.3 Å². The first-order valence-corrected chi connectivity index (χ1v) is 6.22. The summed E-state index contributed by atoms with van der Waals surface area (Å²) in [5.41, 5.74) is 8.61. The monoisotopic (exact) mass is 263 g/mol. The van der Waals surface area contributed by atoms with Crippen molar-refractivity contribution >= 4 is 5.95 Å². The van der Waals surface area contributed by atoms with E-state index in [9.17, 15) is 0 Å². The summed E-state index contributed by atoms with van der Waals surface area (Å²) in [5, 5.41) is 0. The van der Waals surface area contributed by atoms with Crippen LogP contribution in [-0.4, -0.2) is 19.9 Å². The lowest BCUT2D eigenvalue weighted by atomic mass is 10.1. The quantitative estimate of drug-likeness (QED) is 0.768. The second-order valence-corrected chi connectivity index (χ2v) is 4.40. The highest BCUT2D eigenvalue weighted by atomic mass is 15.1. The first-order chi connectivity index (χ1) is 9.74. The lowest BCUT2D eigenvalue weighted by Gasteiger charge is -2.06. The molecule has 0 saturated carbocycles. The second-order valence-electron chi connectivity index (χ2n) is 4.40. The van der Waals surface area contributed by atoms with Crippen molar-refractivity contribution in [1.29, 1.82) is 0 Å². The van der Waals surface area contributed by atoms with Crippen molar-refractivity contribution in [3.63, 3.8) is 0 Å². The molecular weight excluding hydrogens is 250 g/mol. The molecule has 2 heterocycles. The van der Waals surface area contributed by atoms with Crippen LogP contribution < -0.4 is 5.73 Å². The third-order valence-electron chi connectivity index (χ3n) is 2.96. The van der Waals surface area contributed by atoms with Gasteiger partial charge in [-0.2, -0.15) is 9.97 Å². The fourth-order valence-electron chi connectivity index (χ4n) is 1.93. The van der Waals surface area contributed by atoms with Gasteiger partial charge in [0, 0.05) is 23.5 Å². The summed E-state index contributed by atoms with van der Waals surface area (Å²) in [6, 6.07) is 11.6. The smallest absolute Gasteiger partial charge is 0.224 e. The van der Waals surface area contributed by atoms with Crippen molar-refractivity contribution in [2.45, 2.75) is 6.92 Å². The van der Waals surface area contributed by atoms with Crippen molar-refractivity contribution in [1.82, 2.24) is 19.9 Å². The third-order valence-corrected chi connectivity index (χ3v) is 2.96. The van der Waals surface area contributed by atoms with Gasteiger partial charge in [-0.25, -0.2) is 4.98 Å². The minimum Gasteiger partial charge on any atom is -0.368 e. The molecule has 1 aromatic carbocycles. The van der Waals surface area contributed by atoms with Gasteiger partial charge in [-0.3, -0.25) is 4.98 Å². The van der Waals surface area contributed by atoms with E-state index in [4.69, 9.17) is 5.73 Å². The average molecular weight is 263 g/mol. The average Bonchev–Trinajstić information content (AvgIpc) is 2.48. The largest absolute Gasteiger partial charge is 0.368 e. The molecule has 0 aliphatic carbocycles. The van der Waals surface area contributed by atoms with Crippen molar-refractivity contribution in [3.8, 4) is 22.8 Å². The van der Waals surface area contributed by atoms with E-state index >= 15 is 0 Å². The minimum atomic E-state index is 0.206. The van der Waals surface area contributed by atoms with Crippen LogP contribution in [0.25, 0.3) is 22.8 Å². The van der Waals surface area contributed by atoms with Gasteiger partial charge in [0.2, 0.25) is 5.95 Å². The Morgan fingerprint density at radius 3 is 2.40 bits per heavy atom. The number of nitrogens with zero attached hydrogens (tertiary/aromatic N) is 4. The molecule has 0 aliphatic rings. The maximum absolute atomic E-state index is 5.80. The van der Waals surface area contributed by atoms with Crippen molar-refractivity contribution < 1.29 is 0 Å². The molecule has 0 amide bonds. The molecule has 0 unspecified atom stereocenters. The maximum atomic E-state index is 5.80. The lowest BCUT2D eigenvalue weighted by molar-refractivity contribution is 1.07. The number of pyridine rings is 1. The van der Waals surface area contributed by atoms with Gasteiger partial charge in [-0.15, -0.1) is 0 Å². The molecular formula is C15H13N5. The zero-order valence-corrected chi connectivity index (χ0v) is 11.0. The van der Waals surface area contributed by atoms with Crippen LogP contribution in [0.5, 0.6) is 0 Å². The van der Waals surface area contributed by atoms with E-state index < -0.39 is 0 Å². The number of nitrogens with two attached hydrogens (primary N) is 1. The summed E-state index contributed by atoms with van der Waals surface area (Å²) in [7, 11) is 0. The fraction of sp³-hybridized carbons (Fsp3) is 0.0667. The number of anilines is 1. The van der Waals surface area contributed by atoms with Crippen LogP contribution in [0.15, 0.2) is 48.8 Å². The second kappa shape index (κ2) is 5.05. The number of aryl methyl sites for hydroxylation is 1. The molecule has 5 nitrogen and oxygen atoms in total. The van der Waals surface area contributed by atoms with E-state index in [0.29, 0.717) is 11.6 Å². The number of hydrogen-bond donors (Lipinski definition) is 1. The van der Waals surface area contributed by atoms with Gasteiger partial charge in [0.15, 0.2) is 11.6 Å². The third kappa shape index (κ3) is 2.33. The SMILES string of the molecule is Cc1ccncc1-c1nc(N)nc(-c2ccccc2)n1. The Morgan fingerprint density at radius 2 is 1.65 bits per heavy atom. The normalized spacial score (nSPS) is 10.4. The molecule has 2 aromatic heterocycles. The number of nitrogen functional groups attached to an aromatic ring is 1. The van der Waals surface area contributed by atoms with Gasteiger partial charge in [0.05, 0.1) is 0 Å². The number of benzene rings is 1. The van der Waals surface area contributed by atoms with Gasteiger partial charge >= 0.3 is 0 Å². The molecule has 0 saturated heterocycles. The Bertz CT molecular complexity index is 740. The molecule has 20 heavy (non-hydrogen) atoms. The molecule has 5 heteroatoms. The summed E-state index contributed by atoms with van der Waals surface area (Å²) in [4.78, 5) is 17.0. The first-order valence-electron chi connectivity index (χ1n) is 6.22. The summed E-state index contributed by atoms with van der Waals surface area (Å²) >= 11 is 0. The molecule has 3 aromatic rings. The Morgan fingerprint density at radius 1 is 0.900 bits per heavy atom. The summed E-state index contributed by atoms with van der Waals surface area (Å²) < 4.78 is 0. The Kier molecular flexibility index (Phi) is 3.09. The van der Waals surface area contributed by atoms with Crippen molar-refractivity contribution in [2.75, 3.05) is 5.73 Å². The van der Waals surface area contributed by atoms with Gasteiger partial charge in [0.25, 0.3) is 0 Å². The van der Waals surface area contributed by atoms with Crippen LogP contribution in [0, 0.1) is 6.92 Å². The van der Waals surface area contributed by atoms with Crippen LogP contribution in [0.1, 0.15) is 5.56 Å². The van der Waals surface area contributed by atoms with E-state index in [1.54, 1.807) is 12.4 Å². The van der Waals surface area contributed by atoms with Crippen LogP contribution in [0.3, 0.4) is 0 Å². The predicted octanol–water partition coefficient (Wildman–Crippen LogP) is 2.49. The summed E-state index contributed by atoms with van der Waals surface area (Å²) in [6.45, 7) is 1.99. The molecule has 0 bridgehead atoms. The maximum Gasteiger partial charge on any atom is 0.224 e. The Hall–Kier alpha value is -2.82. The van der Waals surface area contributed by atoms with Gasteiger partial charge < -0.3 is 5.73 Å². The van der Waals surface area contributed by atoms with E-state index in [2.05, 4.69) is 19.9 Å². The molecule has 98 valence electrons. The van der Waals surface area contributed by atoms with Crippen LogP contribution in [0.4, 0.5) is 5.95 Å². The Labute approximate surface area is 116 Å². The topological polar surface area (TPSA) is 77.6 Å². The van der Waals surface area contributed by atoms with Crippen molar-refractivity contribution in [2.24, 2.45) is 0 Å². The summed E-state index contributed by atoms with van der Waals surface area (Å²) in [5.74, 6) is 1.32. The molecule has 0 radical (unpaired) electrons. The molecule has 0 fully saturated rings. The van der Waals surface area contributed by atoms with Gasteiger partial charge in [0.1, 0.15) is 0 Å². The zero-order valence-electron chi connectivity index (χ0n) is 11.0. The molecule has 2 N–H and O–H groups in total. The standard InChI is InChI=1S/C15H13N5/c1-10-7-8-17-9-12(10)14-18-13(19-15(16)20-14)11-5-3-2-4-6-11/h2-9H,1H3,(H2,16,18,19,20). The van der Waals surface area contributed by atoms with Crippen LogP contribution >= 0.6 is 0 Å². The summed E-state index contributed by atoms with van der Waals surface area (Å²) in [6.07, 6.45) is 3.47. The highest BCUT2D eigenvalue weighted by Crippen LogP contribution is 2.22. The van der Waals surface area contributed by atoms with Crippen LogP contribution in [0.2, 0.25) is 0 Å². The van der Waals surface area contributed by atoms with E-state index in [1.165, 1.54) is 0 Å². The van der Waals surface area contributed by atoms with Gasteiger partial charge in [-0.1, -0.05) is 30.3 Å². The highest BCUT2D eigenvalue weighted by Gasteiger charge is 2.10. The molecule has 0 atom stereocenters. The first kappa shape index (κ1) is 12.2. The molecule has 0 spiro atoms. The number of rotatable bonds is 2.